The van der Waals surface area contributed by atoms with Gasteiger partial charge in [-0.2, -0.15) is 0 Å². The lowest BCUT2D eigenvalue weighted by molar-refractivity contribution is 0.0494. The molecule has 4 heteroatoms. The van der Waals surface area contributed by atoms with Gasteiger partial charge in [0.05, 0.1) is 0 Å². The Labute approximate surface area is 151 Å². The summed E-state index contributed by atoms with van der Waals surface area (Å²) in [5.74, 6) is 0.383. The molecule has 1 unspecified atom stereocenters. The fourth-order valence-electron chi connectivity index (χ4n) is 2.82. The highest BCUT2D eigenvalue weighted by molar-refractivity contribution is 9.10. The standard InChI is InChI=1S/C20H22BrFO2/c1-3-5-12-20(4-2,16-6-8-17(22)9-7-16)24-18-10-11-19(21)15(13-18)14-23/h6-11,13-14H,3-5,12H2,1-2H3. The molecule has 0 saturated heterocycles. The first-order chi connectivity index (χ1) is 11.5. The van der Waals surface area contributed by atoms with E-state index in [-0.39, 0.29) is 5.82 Å². The molecule has 0 N–H and O–H groups in total. The Morgan fingerprint density at radius 2 is 1.88 bits per heavy atom. The van der Waals surface area contributed by atoms with Gasteiger partial charge in [0.2, 0.25) is 0 Å². The minimum atomic E-state index is -0.530. The van der Waals surface area contributed by atoms with Crippen LogP contribution in [-0.2, 0) is 5.60 Å². The number of halogens is 2. The first-order valence-corrected chi connectivity index (χ1v) is 9.03. The molecule has 0 bridgehead atoms. The molecule has 0 aliphatic carbocycles. The molecule has 0 fully saturated rings. The van der Waals surface area contributed by atoms with Gasteiger partial charge in [-0.3, -0.25) is 4.79 Å². The third-order valence-corrected chi connectivity index (χ3v) is 5.01. The molecule has 2 rings (SSSR count). The molecular weight excluding hydrogens is 371 g/mol. The molecule has 24 heavy (non-hydrogen) atoms. The highest BCUT2D eigenvalue weighted by Crippen LogP contribution is 2.37. The van der Waals surface area contributed by atoms with Crippen LogP contribution in [0, 0.1) is 5.82 Å². The Kier molecular flexibility index (Phi) is 6.55. The lowest BCUT2D eigenvalue weighted by Gasteiger charge is -2.34. The van der Waals surface area contributed by atoms with Gasteiger partial charge in [-0.1, -0.05) is 48.3 Å². The van der Waals surface area contributed by atoms with E-state index in [1.807, 2.05) is 12.1 Å². The fraction of sp³-hybridized carbons (Fsp3) is 0.350. The van der Waals surface area contributed by atoms with E-state index < -0.39 is 5.60 Å². The summed E-state index contributed by atoms with van der Waals surface area (Å²) in [6.07, 6.45) is 4.44. The van der Waals surface area contributed by atoms with Crippen LogP contribution in [-0.4, -0.2) is 6.29 Å². The summed E-state index contributed by atoms with van der Waals surface area (Å²) in [7, 11) is 0. The summed E-state index contributed by atoms with van der Waals surface area (Å²) in [4.78, 5) is 11.2. The zero-order valence-corrected chi connectivity index (χ0v) is 15.6. The minimum Gasteiger partial charge on any atom is -0.483 e. The van der Waals surface area contributed by atoms with Crippen LogP contribution in [0.25, 0.3) is 0 Å². The van der Waals surface area contributed by atoms with Crippen LogP contribution in [0.2, 0.25) is 0 Å². The predicted octanol–water partition coefficient (Wildman–Crippen LogP) is 6.28. The number of carbonyl (C=O) groups is 1. The van der Waals surface area contributed by atoms with Crippen molar-refractivity contribution in [3.63, 3.8) is 0 Å². The Hall–Kier alpha value is -1.68. The molecule has 0 saturated carbocycles. The van der Waals surface area contributed by atoms with Crippen LogP contribution in [0.4, 0.5) is 4.39 Å². The summed E-state index contributed by atoms with van der Waals surface area (Å²) in [6.45, 7) is 4.20. The van der Waals surface area contributed by atoms with Gasteiger partial charge < -0.3 is 4.74 Å². The van der Waals surface area contributed by atoms with Crippen LogP contribution >= 0.6 is 15.9 Å². The van der Waals surface area contributed by atoms with Crippen molar-refractivity contribution in [2.45, 2.75) is 45.1 Å². The molecule has 0 radical (unpaired) electrons. The van der Waals surface area contributed by atoms with Gasteiger partial charge in [-0.15, -0.1) is 0 Å². The average molecular weight is 393 g/mol. The van der Waals surface area contributed by atoms with Crippen LogP contribution in [0.15, 0.2) is 46.9 Å². The smallest absolute Gasteiger partial charge is 0.151 e. The topological polar surface area (TPSA) is 26.3 Å². The van der Waals surface area contributed by atoms with E-state index in [1.165, 1.54) is 12.1 Å². The Balaban J connectivity index is 2.41. The quantitative estimate of drug-likeness (QED) is 0.494. The summed E-state index contributed by atoms with van der Waals surface area (Å²) >= 11 is 3.35. The van der Waals surface area contributed by atoms with E-state index >= 15 is 0 Å². The van der Waals surface area contributed by atoms with Gasteiger partial charge in [0.1, 0.15) is 17.2 Å². The van der Waals surface area contributed by atoms with Crippen molar-refractivity contribution in [2.75, 3.05) is 0 Å². The van der Waals surface area contributed by atoms with Gasteiger partial charge in [0.15, 0.2) is 6.29 Å². The Morgan fingerprint density at radius 1 is 1.17 bits per heavy atom. The van der Waals surface area contributed by atoms with Crippen LogP contribution in [0.5, 0.6) is 5.75 Å². The van der Waals surface area contributed by atoms with E-state index in [0.29, 0.717) is 11.3 Å². The maximum atomic E-state index is 13.3. The van der Waals surface area contributed by atoms with Crippen LogP contribution in [0.1, 0.15) is 55.5 Å². The molecule has 0 aliphatic rings. The van der Waals surface area contributed by atoms with Gasteiger partial charge in [0.25, 0.3) is 0 Å². The van der Waals surface area contributed by atoms with Gasteiger partial charge >= 0.3 is 0 Å². The highest BCUT2D eigenvalue weighted by Gasteiger charge is 2.32. The second-order valence-electron chi connectivity index (χ2n) is 5.86. The summed E-state index contributed by atoms with van der Waals surface area (Å²) in [5, 5.41) is 0. The van der Waals surface area contributed by atoms with Crippen LogP contribution < -0.4 is 4.74 Å². The van der Waals surface area contributed by atoms with Crippen LogP contribution in [0.3, 0.4) is 0 Å². The SMILES string of the molecule is CCCCC(CC)(Oc1ccc(Br)c(C=O)c1)c1ccc(F)cc1. The summed E-state index contributed by atoms with van der Waals surface area (Å²) < 4.78 is 20.4. The van der Waals surface area contributed by atoms with Crippen molar-refractivity contribution in [1.82, 2.24) is 0 Å². The molecule has 0 heterocycles. The second kappa shape index (κ2) is 8.43. The maximum Gasteiger partial charge on any atom is 0.151 e. The largest absolute Gasteiger partial charge is 0.483 e. The first kappa shape index (κ1) is 18.7. The molecule has 0 aliphatic heterocycles. The first-order valence-electron chi connectivity index (χ1n) is 8.24. The second-order valence-corrected chi connectivity index (χ2v) is 6.72. The molecule has 0 amide bonds. The zero-order chi connectivity index (χ0) is 17.6. The molecule has 1 atom stereocenters. The average Bonchev–Trinajstić information content (AvgIpc) is 2.61. The number of carbonyl (C=O) groups excluding carboxylic acids is 1. The number of hydrogen-bond acceptors (Lipinski definition) is 2. The Morgan fingerprint density at radius 3 is 2.46 bits per heavy atom. The predicted molar refractivity (Wildman–Crippen MR) is 98.1 cm³/mol. The molecule has 2 aromatic carbocycles. The lowest BCUT2D eigenvalue weighted by Crippen LogP contribution is -2.32. The summed E-state index contributed by atoms with van der Waals surface area (Å²) in [5.41, 5.74) is 0.972. The van der Waals surface area contributed by atoms with Gasteiger partial charge in [0, 0.05) is 10.0 Å². The molecule has 0 aromatic heterocycles. The van der Waals surface area contributed by atoms with Crippen molar-refractivity contribution in [2.24, 2.45) is 0 Å². The molecule has 128 valence electrons. The molecular formula is C20H22BrFO2. The third kappa shape index (κ3) is 4.23. The van der Waals surface area contributed by atoms with Crippen molar-refractivity contribution in [3.05, 3.63) is 63.9 Å². The normalized spacial score (nSPS) is 13.3. The van der Waals surface area contributed by atoms with Crippen molar-refractivity contribution in [3.8, 4) is 5.75 Å². The van der Waals surface area contributed by atoms with Crippen molar-refractivity contribution < 1.29 is 13.9 Å². The number of benzene rings is 2. The van der Waals surface area contributed by atoms with E-state index in [4.69, 9.17) is 4.74 Å². The summed E-state index contributed by atoms with van der Waals surface area (Å²) in [6, 6.07) is 11.9. The number of ether oxygens (including phenoxy) is 1. The number of aldehydes is 1. The monoisotopic (exact) mass is 392 g/mol. The lowest BCUT2D eigenvalue weighted by atomic mass is 9.85. The van der Waals surface area contributed by atoms with Crippen molar-refractivity contribution in [1.29, 1.82) is 0 Å². The van der Waals surface area contributed by atoms with E-state index in [9.17, 15) is 9.18 Å². The minimum absolute atomic E-state index is 0.258. The van der Waals surface area contributed by atoms with Gasteiger partial charge in [-0.25, -0.2) is 4.39 Å². The Bertz CT molecular complexity index is 685. The van der Waals surface area contributed by atoms with E-state index in [0.717, 1.165) is 42.0 Å². The zero-order valence-electron chi connectivity index (χ0n) is 14.0. The van der Waals surface area contributed by atoms with E-state index in [1.54, 1.807) is 18.2 Å². The number of rotatable bonds is 8. The number of unbranched alkanes of at least 4 members (excludes halogenated alkanes) is 1. The fourth-order valence-corrected chi connectivity index (χ4v) is 3.16. The van der Waals surface area contributed by atoms with E-state index in [2.05, 4.69) is 29.8 Å². The third-order valence-electron chi connectivity index (χ3n) is 4.28. The molecule has 0 spiro atoms. The molecule has 2 aromatic rings. The van der Waals surface area contributed by atoms with Crippen molar-refractivity contribution >= 4 is 22.2 Å². The highest BCUT2D eigenvalue weighted by atomic mass is 79.9. The number of hydrogen-bond donors (Lipinski definition) is 0. The van der Waals surface area contributed by atoms with Gasteiger partial charge in [-0.05, 0) is 55.2 Å². The molecule has 2 nitrogen and oxygen atoms in total. The maximum absolute atomic E-state index is 13.3.